The molecule has 0 spiro atoms. The summed E-state index contributed by atoms with van der Waals surface area (Å²) in [5.74, 6) is 2.38. The number of rotatable bonds is 12. The minimum Gasteiger partial charge on any atom is -0.368 e. The number of nitrogens with one attached hydrogen (secondary N) is 1. The molecule has 6 atom stereocenters. The summed E-state index contributed by atoms with van der Waals surface area (Å²) in [6, 6.07) is 28.7. The molecule has 0 radical (unpaired) electrons. The summed E-state index contributed by atoms with van der Waals surface area (Å²) in [4.78, 5) is 12.0. The quantitative estimate of drug-likeness (QED) is 0.354. The van der Waals surface area contributed by atoms with Gasteiger partial charge in [0.1, 0.15) is 30.5 Å². The summed E-state index contributed by atoms with van der Waals surface area (Å²) < 4.78 is 31.6. The van der Waals surface area contributed by atoms with Crippen molar-refractivity contribution in [3.63, 3.8) is 0 Å². The Hall–Kier alpha value is -3.51. The molecule has 0 saturated carbocycles. The Balaban J connectivity index is 1.67. The fourth-order valence-electron chi connectivity index (χ4n) is 4.59. The van der Waals surface area contributed by atoms with E-state index in [-0.39, 0.29) is 12.5 Å². The summed E-state index contributed by atoms with van der Waals surface area (Å²) in [5, 5.41) is 2.81. The molecule has 39 heavy (non-hydrogen) atoms. The normalized spacial score (nSPS) is 23.5. The Labute approximate surface area is 230 Å². The SMILES string of the molecule is C#C[C@@H](NC(C)=O)[C@H]1O[C@H](OC)[C@H](OCc2ccccc2)[C@@H](OCc2ccccc2)[C@@H]1OCc1ccccc1. The fourth-order valence-corrected chi connectivity index (χ4v) is 4.59. The Morgan fingerprint density at radius 1 is 0.795 bits per heavy atom. The number of hydrogen-bond acceptors (Lipinski definition) is 6. The molecule has 0 unspecified atom stereocenters. The minimum absolute atomic E-state index is 0.276. The van der Waals surface area contributed by atoms with Gasteiger partial charge in [0, 0.05) is 14.0 Å². The molecule has 7 nitrogen and oxygen atoms in total. The van der Waals surface area contributed by atoms with Crippen LogP contribution < -0.4 is 5.32 Å². The molecule has 1 N–H and O–H groups in total. The number of amides is 1. The number of ether oxygens (including phenoxy) is 5. The van der Waals surface area contributed by atoms with Crippen LogP contribution in [0.3, 0.4) is 0 Å². The van der Waals surface area contributed by atoms with Gasteiger partial charge < -0.3 is 29.0 Å². The molecular formula is C32H35NO6. The van der Waals surface area contributed by atoms with E-state index in [0.717, 1.165) is 16.7 Å². The monoisotopic (exact) mass is 529 g/mol. The summed E-state index contributed by atoms with van der Waals surface area (Å²) >= 11 is 0. The molecule has 1 aliphatic rings. The van der Waals surface area contributed by atoms with Crippen LogP contribution in [0.5, 0.6) is 0 Å². The van der Waals surface area contributed by atoms with Crippen molar-refractivity contribution < 1.29 is 28.5 Å². The highest BCUT2D eigenvalue weighted by Gasteiger charge is 2.51. The average molecular weight is 530 g/mol. The molecule has 1 fully saturated rings. The Morgan fingerprint density at radius 3 is 1.64 bits per heavy atom. The summed E-state index contributed by atoms with van der Waals surface area (Å²) in [5.41, 5.74) is 2.97. The highest BCUT2D eigenvalue weighted by Crippen LogP contribution is 2.32. The zero-order valence-electron chi connectivity index (χ0n) is 22.3. The first-order chi connectivity index (χ1) is 19.1. The fraction of sp³-hybridized carbons (Fsp3) is 0.344. The van der Waals surface area contributed by atoms with Gasteiger partial charge in [-0.15, -0.1) is 6.42 Å². The second-order valence-electron chi connectivity index (χ2n) is 9.33. The largest absolute Gasteiger partial charge is 0.368 e. The molecule has 0 aliphatic carbocycles. The minimum atomic E-state index is -0.819. The molecule has 1 amide bonds. The van der Waals surface area contributed by atoms with Crippen LogP contribution in [0.4, 0.5) is 0 Å². The van der Waals surface area contributed by atoms with Crippen LogP contribution in [0, 0.1) is 12.3 Å². The van der Waals surface area contributed by atoms with Gasteiger partial charge in [-0.2, -0.15) is 0 Å². The van der Waals surface area contributed by atoms with Crippen LogP contribution in [0.25, 0.3) is 0 Å². The van der Waals surface area contributed by atoms with E-state index in [1.165, 1.54) is 6.92 Å². The van der Waals surface area contributed by atoms with Crippen molar-refractivity contribution in [3.8, 4) is 12.3 Å². The van der Waals surface area contributed by atoms with Gasteiger partial charge in [-0.1, -0.05) is 96.9 Å². The molecule has 1 aliphatic heterocycles. The molecule has 3 aromatic rings. The van der Waals surface area contributed by atoms with E-state index < -0.39 is 36.7 Å². The van der Waals surface area contributed by atoms with E-state index in [2.05, 4.69) is 11.2 Å². The van der Waals surface area contributed by atoms with E-state index in [4.69, 9.17) is 30.1 Å². The van der Waals surface area contributed by atoms with Crippen LogP contribution >= 0.6 is 0 Å². The maximum absolute atomic E-state index is 12.0. The molecular weight excluding hydrogens is 494 g/mol. The molecule has 4 rings (SSSR count). The van der Waals surface area contributed by atoms with Crippen molar-refractivity contribution in [1.29, 1.82) is 0 Å². The Bertz CT molecular complexity index is 1180. The number of carbonyl (C=O) groups excluding carboxylic acids is 1. The van der Waals surface area contributed by atoms with Crippen LogP contribution in [0.15, 0.2) is 91.0 Å². The number of hydrogen-bond donors (Lipinski definition) is 1. The van der Waals surface area contributed by atoms with Crippen molar-refractivity contribution in [3.05, 3.63) is 108 Å². The smallest absolute Gasteiger partial charge is 0.217 e. The van der Waals surface area contributed by atoms with Crippen molar-refractivity contribution >= 4 is 5.91 Å². The summed E-state index contributed by atoms with van der Waals surface area (Å²) in [6.07, 6.45) is 2.33. The molecule has 204 valence electrons. The van der Waals surface area contributed by atoms with Gasteiger partial charge in [-0.25, -0.2) is 0 Å². The third kappa shape index (κ3) is 7.99. The van der Waals surface area contributed by atoms with Crippen molar-refractivity contribution in [1.82, 2.24) is 5.32 Å². The lowest BCUT2D eigenvalue weighted by molar-refractivity contribution is -0.319. The lowest BCUT2D eigenvalue weighted by atomic mass is 9.93. The van der Waals surface area contributed by atoms with Crippen LogP contribution in [-0.2, 0) is 48.3 Å². The van der Waals surface area contributed by atoms with Gasteiger partial charge in [0.15, 0.2) is 6.29 Å². The maximum Gasteiger partial charge on any atom is 0.217 e. The predicted octanol–water partition coefficient (Wildman–Crippen LogP) is 4.25. The van der Waals surface area contributed by atoms with Crippen molar-refractivity contribution in [2.45, 2.75) is 63.5 Å². The number of methoxy groups -OCH3 is 1. The topological polar surface area (TPSA) is 75.3 Å². The first kappa shape index (κ1) is 28.5. The molecule has 3 aromatic carbocycles. The van der Waals surface area contributed by atoms with Crippen LogP contribution in [-0.4, -0.2) is 49.8 Å². The lowest BCUT2D eigenvalue weighted by Crippen LogP contribution is -2.65. The van der Waals surface area contributed by atoms with E-state index in [1.54, 1.807) is 7.11 Å². The van der Waals surface area contributed by atoms with Gasteiger partial charge in [-0.05, 0) is 16.7 Å². The average Bonchev–Trinajstić information content (AvgIpc) is 2.98. The second kappa shape index (κ2) is 14.6. The zero-order valence-corrected chi connectivity index (χ0v) is 22.3. The predicted molar refractivity (Wildman–Crippen MR) is 147 cm³/mol. The number of carbonyl (C=O) groups is 1. The summed E-state index contributed by atoms with van der Waals surface area (Å²) in [6.45, 7) is 2.33. The third-order valence-corrected chi connectivity index (χ3v) is 6.49. The molecule has 7 heteroatoms. The zero-order chi connectivity index (χ0) is 27.5. The van der Waals surface area contributed by atoms with Gasteiger partial charge in [0.2, 0.25) is 5.91 Å². The first-order valence-corrected chi connectivity index (χ1v) is 13.0. The molecule has 1 heterocycles. The summed E-state index contributed by atoms with van der Waals surface area (Å²) in [7, 11) is 1.54. The molecule has 1 saturated heterocycles. The highest BCUT2D eigenvalue weighted by atomic mass is 16.7. The number of benzene rings is 3. The Morgan fingerprint density at radius 2 is 1.23 bits per heavy atom. The molecule has 0 aromatic heterocycles. The van der Waals surface area contributed by atoms with Gasteiger partial charge in [0.05, 0.1) is 19.8 Å². The molecule has 0 bridgehead atoms. The standard InChI is InChI=1S/C32H35NO6/c1-4-27(33-23(2)34)28-29(36-20-24-14-8-5-9-15-24)30(37-21-25-16-10-6-11-17-25)31(32(35-3)39-28)38-22-26-18-12-7-13-19-26/h1,5-19,27-32H,20-22H2,2-3H3,(H,33,34)/t27-,28-,29-,30+,31-,32+/m1/s1. The van der Waals surface area contributed by atoms with Gasteiger partial charge in [-0.3, -0.25) is 4.79 Å². The van der Waals surface area contributed by atoms with E-state index in [1.807, 2.05) is 91.0 Å². The van der Waals surface area contributed by atoms with Crippen LogP contribution in [0.2, 0.25) is 0 Å². The van der Waals surface area contributed by atoms with E-state index in [9.17, 15) is 4.79 Å². The van der Waals surface area contributed by atoms with E-state index >= 15 is 0 Å². The highest BCUT2D eigenvalue weighted by molar-refractivity contribution is 5.73. The Kier molecular flexibility index (Phi) is 10.7. The number of terminal acetylenes is 1. The third-order valence-electron chi connectivity index (χ3n) is 6.49. The van der Waals surface area contributed by atoms with Crippen LogP contribution in [0.1, 0.15) is 23.6 Å². The second-order valence-corrected chi connectivity index (χ2v) is 9.33. The van der Waals surface area contributed by atoms with E-state index in [0.29, 0.717) is 13.2 Å². The maximum atomic E-state index is 12.0. The van der Waals surface area contributed by atoms with Crippen molar-refractivity contribution in [2.24, 2.45) is 0 Å². The lowest BCUT2D eigenvalue weighted by Gasteiger charge is -2.47. The van der Waals surface area contributed by atoms with Crippen molar-refractivity contribution in [2.75, 3.05) is 7.11 Å². The first-order valence-electron chi connectivity index (χ1n) is 13.0. The van der Waals surface area contributed by atoms with Gasteiger partial charge >= 0.3 is 0 Å². The van der Waals surface area contributed by atoms with Gasteiger partial charge in [0.25, 0.3) is 0 Å².